The first-order chi connectivity index (χ1) is 13.1. The van der Waals surface area contributed by atoms with Gasteiger partial charge in [-0.25, -0.2) is 14.2 Å². The van der Waals surface area contributed by atoms with E-state index in [1.807, 2.05) is 13.0 Å². The molecule has 2 aromatic rings. The third kappa shape index (κ3) is 4.72. The summed E-state index contributed by atoms with van der Waals surface area (Å²) in [4.78, 5) is 32.2. The zero-order valence-electron chi connectivity index (χ0n) is 15.1. The van der Waals surface area contributed by atoms with Gasteiger partial charge in [-0.05, 0) is 37.3 Å². The first kappa shape index (κ1) is 18.6. The van der Waals surface area contributed by atoms with Gasteiger partial charge < -0.3 is 20.4 Å². The summed E-state index contributed by atoms with van der Waals surface area (Å²) in [5.41, 5.74) is 0.979. The second-order valence-corrected chi connectivity index (χ2v) is 6.18. The average Bonchev–Trinajstić information content (AvgIpc) is 2.68. The molecule has 0 spiro atoms. The quantitative estimate of drug-likeness (QED) is 0.865. The third-order valence-corrected chi connectivity index (χ3v) is 4.31. The van der Waals surface area contributed by atoms with E-state index in [0.717, 1.165) is 5.82 Å². The number of benzene rings is 1. The SMILES string of the molecule is CCNC(=O)Nc1ccc(N2CCN(C(=O)c3cccc(F)c3)CC2)nc1. The lowest BCUT2D eigenvalue weighted by Gasteiger charge is -2.35. The van der Waals surface area contributed by atoms with Crippen molar-refractivity contribution >= 4 is 23.4 Å². The van der Waals surface area contributed by atoms with Crippen LogP contribution >= 0.6 is 0 Å². The molecule has 0 bridgehead atoms. The Hall–Kier alpha value is -3.16. The fraction of sp³-hybridized carbons (Fsp3) is 0.316. The van der Waals surface area contributed by atoms with Crippen LogP contribution in [0.3, 0.4) is 0 Å². The summed E-state index contributed by atoms with van der Waals surface area (Å²) in [6.45, 7) is 4.75. The summed E-state index contributed by atoms with van der Waals surface area (Å²) in [6.07, 6.45) is 1.61. The number of urea groups is 1. The van der Waals surface area contributed by atoms with Crippen molar-refractivity contribution in [2.45, 2.75) is 6.92 Å². The van der Waals surface area contributed by atoms with E-state index < -0.39 is 5.82 Å². The molecule has 142 valence electrons. The van der Waals surface area contributed by atoms with Crippen LogP contribution in [0.25, 0.3) is 0 Å². The molecule has 0 unspecified atom stereocenters. The maximum absolute atomic E-state index is 13.3. The van der Waals surface area contributed by atoms with E-state index >= 15 is 0 Å². The number of nitrogens with zero attached hydrogens (tertiary/aromatic N) is 3. The maximum Gasteiger partial charge on any atom is 0.319 e. The van der Waals surface area contributed by atoms with E-state index in [1.165, 1.54) is 12.1 Å². The molecule has 1 aromatic carbocycles. The Labute approximate surface area is 157 Å². The fourth-order valence-corrected chi connectivity index (χ4v) is 2.93. The maximum atomic E-state index is 13.3. The molecular weight excluding hydrogens is 349 g/mol. The molecule has 0 radical (unpaired) electrons. The Balaban J connectivity index is 1.56. The van der Waals surface area contributed by atoms with E-state index in [0.29, 0.717) is 44.0 Å². The lowest BCUT2D eigenvalue weighted by molar-refractivity contribution is 0.0746. The molecule has 1 fully saturated rings. The van der Waals surface area contributed by atoms with Crippen molar-refractivity contribution in [2.75, 3.05) is 42.9 Å². The van der Waals surface area contributed by atoms with Gasteiger partial charge in [0.1, 0.15) is 11.6 Å². The van der Waals surface area contributed by atoms with Gasteiger partial charge in [-0.3, -0.25) is 4.79 Å². The van der Waals surface area contributed by atoms with Crippen molar-refractivity contribution in [2.24, 2.45) is 0 Å². The molecule has 1 aliphatic heterocycles. The largest absolute Gasteiger partial charge is 0.353 e. The average molecular weight is 371 g/mol. The second kappa shape index (κ2) is 8.48. The lowest BCUT2D eigenvalue weighted by atomic mass is 10.1. The number of amides is 3. The zero-order chi connectivity index (χ0) is 19.2. The minimum atomic E-state index is -0.412. The van der Waals surface area contributed by atoms with Crippen LogP contribution in [0, 0.1) is 5.82 Å². The summed E-state index contributed by atoms with van der Waals surface area (Å²) < 4.78 is 13.3. The van der Waals surface area contributed by atoms with Crippen LogP contribution in [0.2, 0.25) is 0 Å². The number of anilines is 2. The molecule has 0 aliphatic carbocycles. The predicted octanol–water partition coefficient (Wildman–Crippen LogP) is 2.32. The van der Waals surface area contributed by atoms with E-state index in [9.17, 15) is 14.0 Å². The standard InChI is InChI=1S/C19H22FN5O2/c1-2-21-19(27)23-16-6-7-17(22-13-16)24-8-10-25(11-9-24)18(26)14-4-3-5-15(20)12-14/h3-7,12-13H,2,8-11H2,1H3,(H2,21,23,27). The first-order valence-corrected chi connectivity index (χ1v) is 8.87. The van der Waals surface area contributed by atoms with Gasteiger partial charge in [0.15, 0.2) is 0 Å². The second-order valence-electron chi connectivity index (χ2n) is 6.18. The number of rotatable bonds is 4. The Morgan fingerprint density at radius 2 is 1.93 bits per heavy atom. The number of aromatic nitrogens is 1. The van der Waals surface area contributed by atoms with Crippen molar-refractivity contribution in [3.05, 3.63) is 54.0 Å². The van der Waals surface area contributed by atoms with Gasteiger partial charge in [0, 0.05) is 38.3 Å². The summed E-state index contributed by atoms with van der Waals surface area (Å²) in [6, 6.07) is 9.12. The molecule has 1 aliphatic rings. The Morgan fingerprint density at radius 1 is 1.15 bits per heavy atom. The zero-order valence-corrected chi connectivity index (χ0v) is 15.1. The summed E-state index contributed by atoms with van der Waals surface area (Å²) >= 11 is 0. The van der Waals surface area contributed by atoms with Crippen LogP contribution in [0.5, 0.6) is 0 Å². The van der Waals surface area contributed by atoms with Crippen LogP contribution < -0.4 is 15.5 Å². The van der Waals surface area contributed by atoms with Crippen molar-refractivity contribution < 1.29 is 14.0 Å². The van der Waals surface area contributed by atoms with Gasteiger partial charge in [-0.1, -0.05) is 6.07 Å². The van der Waals surface area contributed by atoms with Crippen LogP contribution in [0.15, 0.2) is 42.6 Å². The van der Waals surface area contributed by atoms with E-state index in [2.05, 4.69) is 20.5 Å². The smallest absolute Gasteiger partial charge is 0.319 e. The number of hydrogen-bond acceptors (Lipinski definition) is 4. The number of halogens is 1. The molecule has 1 aromatic heterocycles. The molecule has 0 atom stereocenters. The number of piperazine rings is 1. The number of pyridine rings is 1. The molecule has 0 saturated carbocycles. The highest BCUT2D eigenvalue weighted by molar-refractivity contribution is 5.94. The van der Waals surface area contributed by atoms with E-state index in [1.54, 1.807) is 29.3 Å². The lowest BCUT2D eigenvalue weighted by Crippen LogP contribution is -2.49. The summed E-state index contributed by atoms with van der Waals surface area (Å²) in [7, 11) is 0. The number of carbonyl (C=O) groups excluding carboxylic acids is 2. The van der Waals surface area contributed by atoms with Gasteiger partial charge in [0.25, 0.3) is 5.91 Å². The van der Waals surface area contributed by atoms with Gasteiger partial charge >= 0.3 is 6.03 Å². The highest BCUT2D eigenvalue weighted by atomic mass is 19.1. The summed E-state index contributed by atoms with van der Waals surface area (Å²) in [5, 5.41) is 5.36. The third-order valence-electron chi connectivity index (χ3n) is 4.31. The predicted molar refractivity (Wildman–Crippen MR) is 101 cm³/mol. The summed E-state index contributed by atoms with van der Waals surface area (Å²) in [5.74, 6) is 0.211. The van der Waals surface area contributed by atoms with Crippen molar-refractivity contribution in [1.29, 1.82) is 0 Å². The normalized spacial score (nSPS) is 14.0. The minimum absolute atomic E-state index is 0.163. The molecule has 3 amide bonds. The van der Waals surface area contributed by atoms with Crippen molar-refractivity contribution in [1.82, 2.24) is 15.2 Å². The fourth-order valence-electron chi connectivity index (χ4n) is 2.93. The van der Waals surface area contributed by atoms with Crippen LogP contribution in [-0.4, -0.2) is 54.5 Å². The molecule has 27 heavy (non-hydrogen) atoms. The topological polar surface area (TPSA) is 77.6 Å². The molecule has 2 heterocycles. The van der Waals surface area contributed by atoms with E-state index in [-0.39, 0.29) is 11.9 Å². The molecule has 3 rings (SSSR count). The van der Waals surface area contributed by atoms with Crippen LogP contribution in [-0.2, 0) is 0 Å². The van der Waals surface area contributed by atoms with Gasteiger partial charge in [0.2, 0.25) is 0 Å². The van der Waals surface area contributed by atoms with E-state index in [4.69, 9.17) is 0 Å². The minimum Gasteiger partial charge on any atom is -0.353 e. The highest BCUT2D eigenvalue weighted by Gasteiger charge is 2.23. The van der Waals surface area contributed by atoms with Crippen molar-refractivity contribution in [3.63, 3.8) is 0 Å². The van der Waals surface area contributed by atoms with Crippen LogP contribution in [0.4, 0.5) is 20.7 Å². The molecule has 8 heteroatoms. The first-order valence-electron chi connectivity index (χ1n) is 8.87. The van der Waals surface area contributed by atoms with Gasteiger partial charge in [-0.15, -0.1) is 0 Å². The Morgan fingerprint density at radius 3 is 2.56 bits per heavy atom. The molecule has 7 nitrogen and oxygen atoms in total. The monoisotopic (exact) mass is 371 g/mol. The molecule has 2 N–H and O–H groups in total. The Kier molecular flexibility index (Phi) is 5.85. The number of hydrogen-bond donors (Lipinski definition) is 2. The Bertz CT molecular complexity index is 804. The molecule has 1 saturated heterocycles. The number of nitrogens with one attached hydrogen (secondary N) is 2. The molecular formula is C19H22FN5O2. The highest BCUT2D eigenvalue weighted by Crippen LogP contribution is 2.17. The van der Waals surface area contributed by atoms with Crippen LogP contribution in [0.1, 0.15) is 17.3 Å². The van der Waals surface area contributed by atoms with Crippen molar-refractivity contribution in [3.8, 4) is 0 Å². The van der Waals surface area contributed by atoms with Gasteiger partial charge in [0.05, 0.1) is 11.9 Å². The number of carbonyl (C=O) groups is 2. The van der Waals surface area contributed by atoms with Gasteiger partial charge in [-0.2, -0.15) is 0 Å².